The largest absolute Gasteiger partial charge is 0.468 e. The molecule has 1 heterocycles. The lowest BCUT2D eigenvalue weighted by Gasteiger charge is -2.26. The van der Waals surface area contributed by atoms with Gasteiger partial charge in [-0.15, -0.1) is 0 Å². The van der Waals surface area contributed by atoms with E-state index >= 15 is 0 Å². The Morgan fingerprint density at radius 1 is 1.04 bits per heavy atom. The molecule has 1 atom stereocenters. The molecular formula is C18H15Cl3N2O2. The average molecular weight is 398 g/mol. The van der Waals surface area contributed by atoms with Crippen LogP contribution in [0.2, 0.25) is 0 Å². The van der Waals surface area contributed by atoms with Crippen molar-refractivity contribution in [1.82, 2.24) is 10.6 Å². The summed E-state index contributed by atoms with van der Waals surface area (Å²) in [4.78, 5) is 12.7. The van der Waals surface area contributed by atoms with Crippen LogP contribution in [-0.2, 0) is 6.54 Å². The summed E-state index contributed by atoms with van der Waals surface area (Å²) in [5, 5.41) is 7.52. The van der Waals surface area contributed by atoms with Gasteiger partial charge in [0.05, 0.1) is 12.8 Å². The Morgan fingerprint density at radius 3 is 2.52 bits per heavy atom. The normalized spacial score (nSPS) is 12.9. The third-order valence-corrected chi connectivity index (χ3v) is 4.35. The lowest BCUT2D eigenvalue weighted by molar-refractivity contribution is 0.0930. The Kier molecular flexibility index (Phi) is 5.54. The van der Waals surface area contributed by atoms with Gasteiger partial charge in [-0.2, -0.15) is 0 Å². The van der Waals surface area contributed by atoms with Crippen molar-refractivity contribution >= 4 is 51.5 Å². The summed E-state index contributed by atoms with van der Waals surface area (Å²) in [6, 6.07) is 16.6. The van der Waals surface area contributed by atoms with E-state index in [9.17, 15) is 4.79 Å². The first-order valence-electron chi connectivity index (χ1n) is 7.56. The average Bonchev–Trinajstić information content (AvgIpc) is 3.10. The molecular weight excluding hydrogens is 383 g/mol. The Hall–Kier alpha value is -1.72. The van der Waals surface area contributed by atoms with Gasteiger partial charge in [0.25, 0.3) is 5.91 Å². The zero-order valence-corrected chi connectivity index (χ0v) is 15.3. The number of rotatable bonds is 5. The number of fused-ring (bicyclic) bond motifs is 1. The van der Waals surface area contributed by atoms with Crippen LogP contribution in [0.3, 0.4) is 0 Å². The van der Waals surface area contributed by atoms with Gasteiger partial charge in [0.15, 0.2) is 0 Å². The molecule has 1 aromatic heterocycles. The second-order valence-corrected chi connectivity index (χ2v) is 7.80. The van der Waals surface area contributed by atoms with Crippen LogP contribution < -0.4 is 10.6 Å². The maximum atomic E-state index is 12.7. The fourth-order valence-electron chi connectivity index (χ4n) is 2.50. The topological polar surface area (TPSA) is 54.3 Å². The van der Waals surface area contributed by atoms with Crippen LogP contribution in [0.1, 0.15) is 16.1 Å². The van der Waals surface area contributed by atoms with E-state index in [1.54, 1.807) is 24.5 Å². The fraction of sp³-hybridized carbons (Fsp3) is 0.167. The standard InChI is InChI=1S/C18H15Cl3N2O2/c19-18(20,21)17(22-11-13-7-4-10-25-13)23-16(24)15-9-3-6-12-5-1-2-8-14(12)15/h1-10,17,22H,11H2,(H,23,24)/t17-/m0/s1. The summed E-state index contributed by atoms with van der Waals surface area (Å²) in [6.45, 7) is 0.307. The molecule has 0 aliphatic heterocycles. The van der Waals surface area contributed by atoms with Crippen LogP contribution in [0, 0.1) is 0 Å². The van der Waals surface area contributed by atoms with Crippen molar-refractivity contribution in [3.05, 3.63) is 72.2 Å². The molecule has 0 saturated carbocycles. The molecule has 2 aromatic carbocycles. The molecule has 1 amide bonds. The third-order valence-electron chi connectivity index (χ3n) is 3.70. The van der Waals surface area contributed by atoms with Crippen LogP contribution in [-0.4, -0.2) is 15.9 Å². The van der Waals surface area contributed by atoms with Crippen molar-refractivity contribution in [3.8, 4) is 0 Å². The zero-order chi connectivity index (χ0) is 17.9. The quantitative estimate of drug-likeness (QED) is 0.487. The van der Waals surface area contributed by atoms with Crippen LogP contribution >= 0.6 is 34.8 Å². The number of alkyl halides is 3. The van der Waals surface area contributed by atoms with Crippen molar-refractivity contribution in [2.24, 2.45) is 0 Å². The lowest BCUT2D eigenvalue weighted by Crippen LogP contribution is -2.53. The Labute approximate surface area is 160 Å². The van der Waals surface area contributed by atoms with Crippen LogP contribution in [0.15, 0.2) is 65.3 Å². The summed E-state index contributed by atoms with van der Waals surface area (Å²) in [5.41, 5.74) is 0.511. The van der Waals surface area contributed by atoms with Crippen LogP contribution in [0.25, 0.3) is 10.8 Å². The summed E-state index contributed by atoms with van der Waals surface area (Å²) < 4.78 is 3.51. The van der Waals surface area contributed by atoms with Crippen molar-refractivity contribution in [2.75, 3.05) is 0 Å². The van der Waals surface area contributed by atoms with E-state index in [1.807, 2.05) is 36.4 Å². The highest BCUT2D eigenvalue weighted by Crippen LogP contribution is 2.30. The summed E-state index contributed by atoms with van der Waals surface area (Å²) in [7, 11) is 0. The molecule has 0 radical (unpaired) electrons. The van der Waals surface area contributed by atoms with Gasteiger partial charge in [-0.1, -0.05) is 71.2 Å². The molecule has 0 aliphatic rings. The van der Waals surface area contributed by atoms with Crippen molar-refractivity contribution < 1.29 is 9.21 Å². The van der Waals surface area contributed by atoms with E-state index in [-0.39, 0.29) is 5.91 Å². The number of carbonyl (C=O) groups excluding carboxylic acids is 1. The Morgan fingerprint density at radius 2 is 1.80 bits per heavy atom. The first-order valence-corrected chi connectivity index (χ1v) is 8.69. The van der Waals surface area contributed by atoms with Gasteiger partial charge in [0, 0.05) is 5.56 Å². The summed E-state index contributed by atoms with van der Waals surface area (Å²) in [6.07, 6.45) is 0.657. The van der Waals surface area contributed by atoms with E-state index in [4.69, 9.17) is 39.2 Å². The molecule has 130 valence electrons. The number of hydrogen-bond donors (Lipinski definition) is 2. The molecule has 3 aromatic rings. The van der Waals surface area contributed by atoms with Crippen LogP contribution in [0.5, 0.6) is 0 Å². The highest BCUT2D eigenvalue weighted by Gasteiger charge is 2.34. The minimum Gasteiger partial charge on any atom is -0.468 e. The minimum absolute atomic E-state index is 0.307. The number of furan rings is 1. The molecule has 7 heteroatoms. The maximum absolute atomic E-state index is 12.7. The van der Waals surface area contributed by atoms with E-state index < -0.39 is 9.96 Å². The SMILES string of the molecule is O=C(N[C@H](NCc1ccco1)C(Cl)(Cl)Cl)c1cccc2ccccc12. The first kappa shape index (κ1) is 18.1. The van der Waals surface area contributed by atoms with E-state index in [0.29, 0.717) is 17.9 Å². The molecule has 0 bridgehead atoms. The molecule has 3 rings (SSSR count). The number of carbonyl (C=O) groups is 1. The molecule has 2 N–H and O–H groups in total. The first-order chi connectivity index (χ1) is 11.9. The fourth-order valence-corrected chi connectivity index (χ4v) is 2.89. The van der Waals surface area contributed by atoms with Crippen LogP contribution in [0.4, 0.5) is 0 Å². The second kappa shape index (κ2) is 7.67. The van der Waals surface area contributed by atoms with Gasteiger partial charge in [0.1, 0.15) is 11.9 Å². The molecule has 0 spiro atoms. The van der Waals surface area contributed by atoms with E-state index in [2.05, 4.69) is 10.6 Å². The number of halogens is 3. The van der Waals surface area contributed by atoms with Gasteiger partial charge in [-0.05, 0) is 29.0 Å². The molecule has 0 unspecified atom stereocenters. The number of amides is 1. The summed E-state index contributed by atoms with van der Waals surface area (Å²) in [5.74, 6) is 0.332. The lowest BCUT2D eigenvalue weighted by atomic mass is 10.0. The number of nitrogens with one attached hydrogen (secondary N) is 2. The molecule has 0 aliphatic carbocycles. The Bertz CT molecular complexity index is 855. The summed E-state index contributed by atoms with van der Waals surface area (Å²) >= 11 is 18.0. The van der Waals surface area contributed by atoms with Gasteiger partial charge in [0.2, 0.25) is 3.79 Å². The van der Waals surface area contributed by atoms with Gasteiger partial charge >= 0.3 is 0 Å². The maximum Gasteiger partial charge on any atom is 0.253 e. The number of hydrogen-bond acceptors (Lipinski definition) is 3. The van der Waals surface area contributed by atoms with E-state index in [1.165, 1.54) is 0 Å². The highest BCUT2D eigenvalue weighted by molar-refractivity contribution is 6.68. The monoisotopic (exact) mass is 396 g/mol. The molecule has 0 fully saturated rings. The predicted octanol–water partition coefficient (Wildman–Crippen LogP) is 4.65. The van der Waals surface area contributed by atoms with Gasteiger partial charge < -0.3 is 9.73 Å². The van der Waals surface area contributed by atoms with Gasteiger partial charge in [-0.25, -0.2) is 0 Å². The smallest absolute Gasteiger partial charge is 0.253 e. The Balaban J connectivity index is 1.79. The minimum atomic E-state index is -1.73. The predicted molar refractivity (Wildman–Crippen MR) is 101 cm³/mol. The highest BCUT2D eigenvalue weighted by atomic mass is 35.6. The molecule has 25 heavy (non-hydrogen) atoms. The van der Waals surface area contributed by atoms with Gasteiger partial charge in [-0.3, -0.25) is 10.1 Å². The third kappa shape index (κ3) is 4.47. The molecule has 0 saturated heterocycles. The second-order valence-electron chi connectivity index (χ2n) is 5.44. The van der Waals surface area contributed by atoms with Crippen molar-refractivity contribution in [3.63, 3.8) is 0 Å². The van der Waals surface area contributed by atoms with Crippen molar-refractivity contribution in [2.45, 2.75) is 16.5 Å². The van der Waals surface area contributed by atoms with E-state index in [0.717, 1.165) is 10.8 Å². The molecule has 4 nitrogen and oxygen atoms in total. The number of benzene rings is 2. The zero-order valence-electron chi connectivity index (χ0n) is 13.0. The van der Waals surface area contributed by atoms with Crippen molar-refractivity contribution in [1.29, 1.82) is 0 Å².